The standard InChI is InChI=1S/C102H2/c1-3-5-7-9-11-13-15-17-19-21-23-25-27-29-31-33-35-37-39-41-43-45-47-49-51-53-55-57-59-61-63-65-67-69-71-73-75-77-79-81-83-85-87-89-91-93-95-97-99-101-102-100-98-96-94-92-90-88-86-84-82-80-78-76-74-72-70-68-66-64-62-60-58-56-54-52-50-48-46-44-42-40-38-36-34-32-30-28-26-24-22-20-18-16-14-12-10-8-6-4-2/h1-2H. The molecule has 0 bridgehead atoms. The molecule has 0 saturated heterocycles. The van der Waals surface area contributed by atoms with Gasteiger partial charge in [0.2, 0.25) is 0 Å². The summed E-state index contributed by atoms with van der Waals surface area (Å²) in [4.78, 5) is 0. The summed E-state index contributed by atoms with van der Waals surface area (Å²) in [5.74, 6) is 248. The monoisotopic (exact) mass is 1230 g/mol. The van der Waals surface area contributed by atoms with Gasteiger partial charge >= 0.3 is 0 Å². The largest absolute Gasteiger partial charge is 0.106 e. The summed E-state index contributed by atoms with van der Waals surface area (Å²) >= 11 is 0. The van der Waals surface area contributed by atoms with Crippen LogP contribution in [0.25, 0.3) is 0 Å². The Balaban J connectivity index is 4.64. The highest BCUT2D eigenvalue weighted by Crippen LogP contribution is 1.67. The van der Waals surface area contributed by atoms with Gasteiger partial charge in [-0.15, -0.1) is 12.8 Å². The highest BCUT2D eigenvalue weighted by molar-refractivity contribution is 5.56. The molecule has 0 aliphatic heterocycles. The number of hydrogen-bond acceptors (Lipinski definition) is 0. The molecule has 0 aliphatic rings. The lowest BCUT2D eigenvalue weighted by atomic mass is 10.4. The van der Waals surface area contributed by atoms with Gasteiger partial charge in [0.05, 0.1) is 0 Å². The fourth-order valence-electron chi connectivity index (χ4n) is 3.07. The van der Waals surface area contributed by atoms with E-state index in [1.165, 1.54) is 0 Å². The molecule has 0 spiro atoms. The van der Waals surface area contributed by atoms with Crippen molar-refractivity contribution >= 4 is 0 Å². The second-order valence-corrected chi connectivity index (χ2v) is 12.5. The first-order valence-electron chi connectivity index (χ1n) is 25.3. The fraction of sp³-hybridized carbons (Fsp3) is 0. The lowest BCUT2D eigenvalue weighted by Gasteiger charge is -1.58. The van der Waals surface area contributed by atoms with Crippen LogP contribution in [0, 0.1) is 605 Å². The number of hydrogen-bond donors (Lipinski definition) is 0. The Morgan fingerprint density at radius 2 is 0.0784 bits per heavy atom. The van der Waals surface area contributed by atoms with Crippen LogP contribution in [0.2, 0.25) is 0 Å². The molecule has 0 heterocycles. The van der Waals surface area contributed by atoms with Crippen LogP contribution in [0.15, 0.2) is 0 Å². The molecule has 0 aromatic rings. The maximum Gasteiger partial charge on any atom is 0 e. The lowest BCUT2D eigenvalue weighted by Crippen LogP contribution is -1.57. The molecule has 0 rings (SSSR count). The zero-order valence-corrected chi connectivity index (χ0v) is 51.2. The zero-order chi connectivity index (χ0) is 72.7. The SMILES string of the molecule is C#CC#CC#CC#CC#CC#CC#CC#CC#CC#CC#CC#CC#CC#CC#CC#CC#CC#CC#CC#CC#CC#CC#CC#CC#CC#CC#CC#CC#CC#CC#CC#CC#CC#CC#CC#CC#CC#CC#CC#CC#CC#CC#CC#CC#CC#CC#CC#CC#CC#CC#C. The predicted molar refractivity (Wildman–Crippen MR) is 399 cm³/mol. The van der Waals surface area contributed by atoms with E-state index in [-0.39, 0.29) is 0 Å². The molecule has 0 radical (unpaired) electrons. The second kappa shape index (κ2) is 78.6. The van der Waals surface area contributed by atoms with Crippen LogP contribution in [0.3, 0.4) is 0 Å². The van der Waals surface area contributed by atoms with E-state index in [9.17, 15) is 0 Å². The number of terminal acetylenes is 2. The Morgan fingerprint density at radius 1 is 0.0490 bits per heavy atom. The fourth-order valence-corrected chi connectivity index (χ4v) is 3.07. The molecule has 0 amide bonds. The van der Waals surface area contributed by atoms with Crippen LogP contribution in [0.4, 0.5) is 0 Å². The minimum atomic E-state index is 2.12. The van der Waals surface area contributed by atoms with Crippen molar-refractivity contribution in [1.82, 2.24) is 0 Å². The van der Waals surface area contributed by atoms with Gasteiger partial charge in [0, 0.05) is 497 Å². The first-order chi connectivity index (χ1) is 50.9. The van der Waals surface area contributed by atoms with Crippen LogP contribution in [-0.2, 0) is 0 Å². The van der Waals surface area contributed by atoms with Crippen molar-refractivity contribution in [2.75, 3.05) is 0 Å². The molecule has 0 aliphatic carbocycles. The Bertz CT molecular complexity index is 6830. The molecule has 0 aromatic carbocycles. The smallest absolute Gasteiger partial charge is 0 e. The molecule has 0 N–H and O–H groups in total. The van der Waals surface area contributed by atoms with E-state index >= 15 is 0 Å². The van der Waals surface area contributed by atoms with Crippen LogP contribution < -0.4 is 0 Å². The highest BCUT2D eigenvalue weighted by atomic mass is 13.7. The molecule has 0 nitrogen and oxygen atoms in total. The molecular weight excluding hydrogens is 1230 g/mol. The second-order valence-electron chi connectivity index (χ2n) is 12.5. The minimum Gasteiger partial charge on any atom is -0.106 e. The van der Waals surface area contributed by atoms with Gasteiger partial charge in [-0.05, 0) is 94.7 Å². The molecule has 0 fully saturated rings. The summed E-state index contributed by atoms with van der Waals surface area (Å²) in [5.41, 5.74) is 0. The Kier molecular flexibility index (Phi) is 61.3. The van der Waals surface area contributed by atoms with Crippen molar-refractivity contribution in [3.05, 3.63) is 0 Å². The van der Waals surface area contributed by atoms with Gasteiger partial charge in [0.1, 0.15) is 0 Å². The van der Waals surface area contributed by atoms with E-state index in [4.69, 9.17) is 12.8 Å². The van der Waals surface area contributed by atoms with Crippen LogP contribution >= 0.6 is 0 Å². The first kappa shape index (κ1) is 79.6. The maximum absolute atomic E-state index is 4.95. The van der Waals surface area contributed by atoms with Crippen molar-refractivity contribution < 1.29 is 0 Å². The molecule has 0 unspecified atom stereocenters. The van der Waals surface area contributed by atoms with E-state index in [1.54, 1.807) is 0 Å². The maximum atomic E-state index is 4.95. The van der Waals surface area contributed by atoms with Gasteiger partial charge in [0.25, 0.3) is 0 Å². The van der Waals surface area contributed by atoms with Gasteiger partial charge in [-0.2, -0.15) is 0 Å². The molecule has 102 heavy (non-hydrogen) atoms. The summed E-state index contributed by atoms with van der Waals surface area (Å²) < 4.78 is 0. The van der Waals surface area contributed by atoms with Gasteiger partial charge < -0.3 is 0 Å². The summed E-state index contributed by atoms with van der Waals surface area (Å²) in [7, 11) is 0. The third-order valence-electron chi connectivity index (χ3n) is 6.21. The molecule has 0 aromatic heterocycles. The summed E-state index contributed by atoms with van der Waals surface area (Å²) in [6, 6.07) is 0. The molecule has 0 heteroatoms. The number of rotatable bonds is 0. The summed E-state index contributed by atoms with van der Waals surface area (Å²) in [6.45, 7) is 0. The quantitative estimate of drug-likeness (QED) is 0.310. The van der Waals surface area contributed by atoms with E-state index in [0.717, 1.165) is 0 Å². The van der Waals surface area contributed by atoms with Gasteiger partial charge in [-0.1, -0.05) is 0 Å². The molecular formula is C102H2. The molecule has 0 saturated carbocycles. The van der Waals surface area contributed by atoms with E-state index in [0.29, 0.717) is 0 Å². The highest BCUT2D eigenvalue weighted by Gasteiger charge is 1.67. The van der Waals surface area contributed by atoms with Crippen molar-refractivity contribution in [2.45, 2.75) is 0 Å². The lowest BCUT2D eigenvalue weighted by molar-refractivity contribution is 2.31. The normalized spacial score (nSPS) is 3.94. The average Bonchev–Trinajstić information content (AvgIpc) is 3.74. The van der Waals surface area contributed by atoms with E-state index in [1.807, 2.05) is 0 Å². The third-order valence-corrected chi connectivity index (χ3v) is 6.21. The predicted octanol–water partition coefficient (Wildman–Crippen LogP) is 0.419. The third kappa shape index (κ3) is 77.6. The summed E-state index contributed by atoms with van der Waals surface area (Å²) in [5, 5.41) is 0. The topological polar surface area (TPSA) is 0 Å². The Morgan fingerprint density at radius 3 is 0.108 bits per heavy atom. The zero-order valence-electron chi connectivity index (χ0n) is 51.2. The van der Waals surface area contributed by atoms with Gasteiger partial charge in [-0.3, -0.25) is 0 Å². The van der Waals surface area contributed by atoms with Gasteiger partial charge in [-0.25, -0.2) is 0 Å². The van der Waals surface area contributed by atoms with Crippen LogP contribution in [0.1, 0.15) is 0 Å². The Hall–Kier alpha value is -22.4. The molecule has 0 atom stereocenters. The Labute approximate surface area is 601 Å². The first-order valence-corrected chi connectivity index (χ1v) is 25.3. The van der Waals surface area contributed by atoms with Crippen molar-refractivity contribution in [2.24, 2.45) is 0 Å². The van der Waals surface area contributed by atoms with Gasteiger partial charge in [0.15, 0.2) is 0 Å². The van der Waals surface area contributed by atoms with Crippen LogP contribution in [0.5, 0.6) is 0 Å². The van der Waals surface area contributed by atoms with Crippen molar-refractivity contribution in [3.63, 3.8) is 0 Å². The van der Waals surface area contributed by atoms with Crippen molar-refractivity contribution in [1.29, 1.82) is 0 Å². The van der Waals surface area contributed by atoms with E-state index in [2.05, 4.69) is 592 Å². The van der Waals surface area contributed by atoms with Crippen molar-refractivity contribution in [3.8, 4) is 605 Å². The summed E-state index contributed by atoms with van der Waals surface area (Å²) in [6.07, 6.45) is 9.91. The minimum absolute atomic E-state index is 2.12. The average molecular weight is 1230 g/mol. The van der Waals surface area contributed by atoms with Crippen LogP contribution in [-0.4, -0.2) is 0 Å². The van der Waals surface area contributed by atoms with E-state index < -0.39 is 0 Å². The molecule has 410 valence electrons.